The SMILES string of the molecule is Cc1nc(NC(C)C)sc1-c1ccnc(Nc2ncc(N3CCOCC3)cn2)n1. The molecule has 0 bridgehead atoms. The van der Waals surface area contributed by atoms with Crippen molar-refractivity contribution in [2.75, 3.05) is 41.8 Å². The minimum absolute atomic E-state index is 0.327. The molecule has 0 atom stereocenters. The summed E-state index contributed by atoms with van der Waals surface area (Å²) in [5.74, 6) is 0.912. The smallest absolute Gasteiger partial charge is 0.230 e. The quantitative estimate of drug-likeness (QED) is 0.632. The number of aryl methyl sites for hydroxylation is 1. The minimum atomic E-state index is 0.327. The molecule has 0 amide bonds. The Labute approximate surface area is 173 Å². The molecule has 1 aliphatic heterocycles. The Hall–Kier alpha value is -2.85. The van der Waals surface area contributed by atoms with Gasteiger partial charge in [0.15, 0.2) is 5.13 Å². The molecule has 9 nitrogen and oxygen atoms in total. The van der Waals surface area contributed by atoms with Gasteiger partial charge in [0.25, 0.3) is 0 Å². The predicted octanol–water partition coefficient (Wildman–Crippen LogP) is 3.10. The van der Waals surface area contributed by atoms with Crippen molar-refractivity contribution in [2.24, 2.45) is 0 Å². The van der Waals surface area contributed by atoms with Crippen LogP contribution in [-0.4, -0.2) is 57.3 Å². The number of aromatic nitrogens is 5. The molecule has 0 radical (unpaired) electrons. The fourth-order valence-electron chi connectivity index (χ4n) is 2.96. The van der Waals surface area contributed by atoms with Crippen molar-refractivity contribution in [2.45, 2.75) is 26.8 Å². The van der Waals surface area contributed by atoms with E-state index in [4.69, 9.17) is 4.74 Å². The van der Waals surface area contributed by atoms with Gasteiger partial charge in [0.1, 0.15) is 0 Å². The Morgan fingerprint density at radius 1 is 1.07 bits per heavy atom. The number of ether oxygens (including phenoxy) is 1. The molecule has 0 aliphatic carbocycles. The largest absolute Gasteiger partial charge is 0.378 e. The summed E-state index contributed by atoms with van der Waals surface area (Å²) in [6, 6.07) is 2.21. The van der Waals surface area contributed by atoms with Gasteiger partial charge in [-0.25, -0.2) is 24.9 Å². The lowest BCUT2D eigenvalue weighted by atomic mass is 10.3. The zero-order valence-electron chi connectivity index (χ0n) is 16.7. The van der Waals surface area contributed by atoms with Gasteiger partial charge in [0.2, 0.25) is 11.9 Å². The van der Waals surface area contributed by atoms with Gasteiger partial charge in [-0.3, -0.25) is 5.32 Å². The van der Waals surface area contributed by atoms with E-state index in [1.807, 2.05) is 25.4 Å². The van der Waals surface area contributed by atoms with Gasteiger partial charge in [0.05, 0.1) is 47.6 Å². The van der Waals surface area contributed by atoms with Crippen LogP contribution in [0.1, 0.15) is 19.5 Å². The lowest BCUT2D eigenvalue weighted by molar-refractivity contribution is 0.122. The van der Waals surface area contributed by atoms with Crippen molar-refractivity contribution >= 4 is 34.1 Å². The number of rotatable bonds is 6. The van der Waals surface area contributed by atoms with Crippen LogP contribution in [0.4, 0.5) is 22.7 Å². The highest BCUT2D eigenvalue weighted by Crippen LogP contribution is 2.32. The molecular formula is C19H24N8OS. The topological polar surface area (TPSA) is 101 Å². The first-order chi connectivity index (χ1) is 14.1. The fourth-order valence-corrected chi connectivity index (χ4v) is 4.04. The lowest BCUT2D eigenvalue weighted by Gasteiger charge is -2.28. The molecular weight excluding hydrogens is 388 g/mol. The van der Waals surface area contributed by atoms with Crippen molar-refractivity contribution in [3.63, 3.8) is 0 Å². The highest BCUT2D eigenvalue weighted by molar-refractivity contribution is 7.19. The molecule has 0 spiro atoms. The molecule has 29 heavy (non-hydrogen) atoms. The second-order valence-electron chi connectivity index (χ2n) is 6.99. The summed E-state index contributed by atoms with van der Waals surface area (Å²) in [5.41, 5.74) is 2.74. The molecule has 152 valence electrons. The Kier molecular flexibility index (Phi) is 5.81. The van der Waals surface area contributed by atoms with Crippen LogP contribution < -0.4 is 15.5 Å². The monoisotopic (exact) mass is 412 g/mol. The van der Waals surface area contributed by atoms with Crippen molar-refractivity contribution in [1.82, 2.24) is 24.9 Å². The summed E-state index contributed by atoms with van der Waals surface area (Å²) < 4.78 is 5.38. The van der Waals surface area contributed by atoms with Gasteiger partial charge in [-0.05, 0) is 26.8 Å². The van der Waals surface area contributed by atoms with Crippen LogP contribution in [0.15, 0.2) is 24.7 Å². The zero-order valence-corrected chi connectivity index (χ0v) is 17.5. The van der Waals surface area contributed by atoms with E-state index in [1.54, 1.807) is 17.5 Å². The van der Waals surface area contributed by atoms with Crippen LogP contribution >= 0.6 is 11.3 Å². The van der Waals surface area contributed by atoms with Crippen molar-refractivity contribution < 1.29 is 4.74 Å². The third-order valence-electron chi connectivity index (χ3n) is 4.34. The number of morpholine rings is 1. The lowest BCUT2D eigenvalue weighted by Crippen LogP contribution is -2.36. The van der Waals surface area contributed by atoms with Gasteiger partial charge in [-0.15, -0.1) is 0 Å². The first kappa shape index (κ1) is 19.5. The molecule has 0 unspecified atom stereocenters. The minimum Gasteiger partial charge on any atom is -0.378 e. The summed E-state index contributed by atoms with van der Waals surface area (Å²) in [4.78, 5) is 25.5. The molecule has 3 aromatic rings. The molecule has 1 aliphatic rings. The molecule has 2 N–H and O–H groups in total. The molecule has 3 aromatic heterocycles. The molecule has 4 heterocycles. The van der Waals surface area contributed by atoms with Crippen molar-refractivity contribution in [1.29, 1.82) is 0 Å². The summed E-state index contributed by atoms with van der Waals surface area (Å²) in [6.45, 7) is 9.32. The van der Waals surface area contributed by atoms with E-state index in [9.17, 15) is 0 Å². The predicted molar refractivity (Wildman–Crippen MR) is 115 cm³/mol. The average Bonchev–Trinajstić information content (AvgIpc) is 3.09. The molecule has 4 rings (SSSR count). The van der Waals surface area contributed by atoms with E-state index in [0.717, 1.165) is 53.4 Å². The first-order valence-corrected chi connectivity index (χ1v) is 10.4. The van der Waals surface area contributed by atoms with Crippen LogP contribution in [-0.2, 0) is 4.74 Å². The number of nitrogens with one attached hydrogen (secondary N) is 2. The van der Waals surface area contributed by atoms with Gasteiger partial charge in [-0.2, -0.15) is 0 Å². The second kappa shape index (κ2) is 8.66. The third kappa shape index (κ3) is 4.77. The number of hydrogen-bond acceptors (Lipinski definition) is 10. The summed E-state index contributed by atoms with van der Waals surface area (Å²) in [5, 5.41) is 7.31. The zero-order chi connectivity index (χ0) is 20.2. The maximum atomic E-state index is 5.38. The van der Waals surface area contributed by atoms with Crippen molar-refractivity contribution in [3.8, 4) is 10.6 Å². The Bertz CT molecular complexity index is 953. The number of nitrogens with zero attached hydrogens (tertiary/aromatic N) is 6. The number of thiazole rings is 1. The summed E-state index contributed by atoms with van der Waals surface area (Å²) in [7, 11) is 0. The van der Waals surface area contributed by atoms with E-state index < -0.39 is 0 Å². The average molecular weight is 413 g/mol. The standard InChI is InChI=1S/C19H24N8OS/c1-12(2)23-19-24-13(3)16(29-19)15-4-5-20-18(25-15)26-17-21-10-14(11-22-17)27-6-8-28-9-7-27/h4-5,10-12H,6-9H2,1-3H3,(H,23,24)(H,20,21,22,25,26). The van der Waals surface area contributed by atoms with E-state index in [1.165, 1.54) is 0 Å². The Balaban J connectivity index is 1.48. The number of hydrogen-bond donors (Lipinski definition) is 2. The normalized spacial score (nSPS) is 14.3. The highest BCUT2D eigenvalue weighted by Gasteiger charge is 2.14. The first-order valence-electron chi connectivity index (χ1n) is 9.57. The summed E-state index contributed by atoms with van der Waals surface area (Å²) >= 11 is 1.59. The van der Waals surface area contributed by atoms with Gasteiger partial charge >= 0.3 is 0 Å². The van der Waals surface area contributed by atoms with Crippen LogP contribution in [0.5, 0.6) is 0 Å². The molecule has 0 saturated carbocycles. The molecule has 0 aromatic carbocycles. The van der Waals surface area contributed by atoms with E-state index in [0.29, 0.717) is 17.9 Å². The van der Waals surface area contributed by atoms with Gasteiger partial charge < -0.3 is 15.0 Å². The number of anilines is 4. The maximum absolute atomic E-state index is 5.38. The van der Waals surface area contributed by atoms with Crippen molar-refractivity contribution in [3.05, 3.63) is 30.4 Å². The summed E-state index contributed by atoms with van der Waals surface area (Å²) in [6.07, 6.45) is 5.34. The van der Waals surface area contributed by atoms with Gasteiger partial charge in [-0.1, -0.05) is 11.3 Å². The van der Waals surface area contributed by atoms with E-state index in [2.05, 4.69) is 54.3 Å². The Morgan fingerprint density at radius 3 is 2.55 bits per heavy atom. The van der Waals surface area contributed by atoms with Crippen LogP contribution in [0.25, 0.3) is 10.6 Å². The maximum Gasteiger partial charge on any atom is 0.230 e. The van der Waals surface area contributed by atoms with Crippen LogP contribution in [0, 0.1) is 6.92 Å². The van der Waals surface area contributed by atoms with E-state index in [-0.39, 0.29) is 0 Å². The highest BCUT2D eigenvalue weighted by atomic mass is 32.1. The van der Waals surface area contributed by atoms with E-state index >= 15 is 0 Å². The van der Waals surface area contributed by atoms with Gasteiger partial charge in [0, 0.05) is 25.3 Å². The molecule has 10 heteroatoms. The van der Waals surface area contributed by atoms with Crippen LogP contribution in [0.2, 0.25) is 0 Å². The fraction of sp³-hybridized carbons (Fsp3) is 0.421. The third-order valence-corrected chi connectivity index (χ3v) is 5.45. The molecule has 1 fully saturated rings. The molecule has 1 saturated heterocycles. The Morgan fingerprint density at radius 2 is 1.83 bits per heavy atom. The second-order valence-corrected chi connectivity index (χ2v) is 7.99. The van der Waals surface area contributed by atoms with Crippen LogP contribution in [0.3, 0.4) is 0 Å².